The second-order valence-corrected chi connectivity index (χ2v) is 5.84. The van der Waals surface area contributed by atoms with E-state index in [4.69, 9.17) is 5.11 Å². The average molecular weight is 298 g/mol. The van der Waals surface area contributed by atoms with Crippen molar-refractivity contribution in [3.63, 3.8) is 0 Å². The van der Waals surface area contributed by atoms with Crippen LogP contribution in [0.3, 0.4) is 0 Å². The summed E-state index contributed by atoms with van der Waals surface area (Å²) in [5.41, 5.74) is 0. The summed E-state index contributed by atoms with van der Waals surface area (Å²) in [5, 5.41) is 10.8. The van der Waals surface area contributed by atoms with Gasteiger partial charge in [-0.05, 0) is 32.2 Å². The van der Waals surface area contributed by atoms with Crippen LogP contribution in [-0.4, -0.2) is 46.0 Å². The normalized spacial score (nSPS) is 10.6. The van der Waals surface area contributed by atoms with E-state index in [-0.39, 0.29) is 25.0 Å². The van der Waals surface area contributed by atoms with Crippen molar-refractivity contribution < 1.29 is 14.7 Å². The molecule has 0 saturated carbocycles. The number of hydrogen-bond acceptors (Lipinski definition) is 3. The van der Waals surface area contributed by atoms with Crippen LogP contribution in [0, 0.1) is 0 Å². The van der Waals surface area contributed by atoms with Crippen molar-refractivity contribution in [1.82, 2.24) is 9.80 Å². The van der Waals surface area contributed by atoms with E-state index in [0.29, 0.717) is 13.1 Å². The van der Waals surface area contributed by atoms with E-state index >= 15 is 0 Å². The Hall–Kier alpha value is -1.56. The van der Waals surface area contributed by atoms with E-state index in [1.54, 1.807) is 21.1 Å². The Balaban J connectivity index is 2.72. The lowest BCUT2D eigenvalue weighted by molar-refractivity contribution is -0.137. The lowest BCUT2D eigenvalue weighted by atomic mass is 10.3. The molecule has 0 radical (unpaired) electrons. The third kappa shape index (κ3) is 4.85. The first kappa shape index (κ1) is 16.5. The van der Waals surface area contributed by atoms with Crippen LogP contribution in [0.5, 0.6) is 0 Å². The number of carboxylic acids is 1. The van der Waals surface area contributed by atoms with Crippen LogP contribution in [0.25, 0.3) is 0 Å². The van der Waals surface area contributed by atoms with Gasteiger partial charge in [0.15, 0.2) is 0 Å². The predicted octanol–water partition coefficient (Wildman–Crippen LogP) is 2.88. The molecule has 0 aliphatic rings. The molecule has 1 aromatic heterocycles. The van der Waals surface area contributed by atoms with Gasteiger partial charge in [-0.3, -0.25) is 4.79 Å². The Morgan fingerprint density at radius 3 is 2.55 bits per heavy atom. The molecular formula is C14H22N2O3S. The third-order valence-electron chi connectivity index (χ3n) is 3.01. The number of nitrogens with zero attached hydrogens (tertiary/aromatic N) is 2. The van der Waals surface area contributed by atoms with E-state index < -0.39 is 5.97 Å². The zero-order valence-electron chi connectivity index (χ0n) is 12.2. The molecule has 1 rings (SSSR count). The molecule has 1 heterocycles. The third-order valence-corrected chi connectivity index (χ3v) is 3.88. The van der Waals surface area contributed by atoms with Crippen LogP contribution < -0.4 is 0 Å². The number of urea groups is 1. The largest absolute Gasteiger partial charge is 0.481 e. The highest BCUT2D eigenvalue weighted by molar-refractivity contribution is 7.09. The van der Waals surface area contributed by atoms with Gasteiger partial charge in [0.05, 0.1) is 13.0 Å². The number of carbonyl (C=O) groups is 2. The molecule has 0 aromatic carbocycles. The Morgan fingerprint density at radius 2 is 2.10 bits per heavy atom. The van der Waals surface area contributed by atoms with Crippen LogP contribution in [-0.2, 0) is 11.3 Å². The number of aliphatic carboxylic acids is 1. The minimum absolute atomic E-state index is 0.0146. The molecule has 1 aromatic rings. The molecule has 0 spiro atoms. The van der Waals surface area contributed by atoms with Gasteiger partial charge in [0.25, 0.3) is 0 Å². The van der Waals surface area contributed by atoms with E-state index in [2.05, 4.69) is 0 Å². The first-order chi connectivity index (χ1) is 9.45. The fourth-order valence-electron chi connectivity index (χ4n) is 1.88. The fraction of sp³-hybridized carbons (Fsp3) is 0.571. The van der Waals surface area contributed by atoms with Crippen molar-refractivity contribution in [2.24, 2.45) is 0 Å². The molecule has 0 unspecified atom stereocenters. The Morgan fingerprint density at radius 1 is 1.40 bits per heavy atom. The lowest BCUT2D eigenvalue weighted by Gasteiger charge is -2.32. The topological polar surface area (TPSA) is 60.9 Å². The molecule has 0 atom stereocenters. The number of amides is 2. The number of thiophene rings is 1. The summed E-state index contributed by atoms with van der Waals surface area (Å²) in [5.74, 6) is -0.884. The maximum absolute atomic E-state index is 12.5. The van der Waals surface area contributed by atoms with E-state index in [1.165, 1.54) is 0 Å². The van der Waals surface area contributed by atoms with Gasteiger partial charge in [0, 0.05) is 24.0 Å². The zero-order chi connectivity index (χ0) is 15.1. The number of rotatable bonds is 7. The molecule has 1 N–H and O–H groups in total. The monoisotopic (exact) mass is 298 g/mol. The summed E-state index contributed by atoms with van der Waals surface area (Å²) in [6, 6.07) is 3.84. The standard InChI is InChI=1S/C14H22N2O3S/c1-4-15(10-12-6-5-9-20-12)14(19)16(11(2)3)8-7-13(17)18/h5-6,9,11H,4,7-8,10H2,1-3H3,(H,17,18). The van der Waals surface area contributed by atoms with Crippen molar-refractivity contribution in [2.75, 3.05) is 13.1 Å². The molecule has 0 fully saturated rings. The van der Waals surface area contributed by atoms with Crippen LogP contribution >= 0.6 is 11.3 Å². The minimum atomic E-state index is -0.884. The maximum atomic E-state index is 12.5. The van der Waals surface area contributed by atoms with E-state index in [0.717, 1.165) is 4.88 Å². The minimum Gasteiger partial charge on any atom is -0.481 e. The lowest BCUT2D eigenvalue weighted by Crippen LogP contribution is -2.46. The van der Waals surface area contributed by atoms with Gasteiger partial charge < -0.3 is 14.9 Å². The highest BCUT2D eigenvalue weighted by atomic mass is 32.1. The van der Waals surface area contributed by atoms with Crippen molar-refractivity contribution >= 4 is 23.3 Å². The summed E-state index contributed by atoms with van der Waals surface area (Å²) in [6.45, 7) is 7.15. The van der Waals surface area contributed by atoms with Gasteiger partial charge in [0.2, 0.25) is 0 Å². The van der Waals surface area contributed by atoms with Crippen LogP contribution in [0.2, 0.25) is 0 Å². The van der Waals surface area contributed by atoms with E-state index in [9.17, 15) is 9.59 Å². The molecule has 112 valence electrons. The van der Waals surface area contributed by atoms with Gasteiger partial charge in [-0.15, -0.1) is 11.3 Å². The molecular weight excluding hydrogens is 276 g/mol. The van der Waals surface area contributed by atoms with Crippen molar-refractivity contribution in [1.29, 1.82) is 0 Å². The smallest absolute Gasteiger partial charge is 0.320 e. The zero-order valence-corrected chi connectivity index (χ0v) is 13.0. The Labute approximate surface area is 123 Å². The summed E-state index contributed by atoms with van der Waals surface area (Å²) in [6.07, 6.45) is -0.0273. The van der Waals surface area contributed by atoms with Crippen molar-refractivity contribution in [3.8, 4) is 0 Å². The predicted molar refractivity (Wildman–Crippen MR) is 79.9 cm³/mol. The molecule has 0 bridgehead atoms. The highest BCUT2D eigenvalue weighted by Crippen LogP contribution is 2.14. The maximum Gasteiger partial charge on any atom is 0.320 e. The van der Waals surface area contributed by atoms with Crippen LogP contribution in [0.15, 0.2) is 17.5 Å². The van der Waals surface area contributed by atoms with Crippen molar-refractivity contribution in [2.45, 2.75) is 39.8 Å². The molecule has 0 saturated heterocycles. The van der Waals surface area contributed by atoms with E-state index in [1.807, 2.05) is 38.3 Å². The fourth-order valence-corrected chi connectivity index (χ4v) is 2.60. The summed E-state index contributed by atoms with van der Waals surface area (Å²) < 4.78 is 0. The Kier molecular flexibility index (Phi) is 6.51. The van der Waals surface area contributed by atoms with Gasteiger partial charge in [-0.25, -0.2) is 4.79 Å². The molecule has 5 nitrogen and oxygen atoms in total. The number of hydrogen-bond donors (Lipinski definition) is 1. The summed E-state index contributed by atoms with van der Waals surface area (Å²) in [4.78, 5) is 27.7. The van der Waals surface area contributed by atoms with Crippen molar-refractivity contribution in [3.05, 3.63) is 22.4 Å². The second kappa shape index (κ2) is 7.89. The summed E-state index contributed by atoms with van der Waals surface area (Å²) in [7, 11) is 0. The highest BCUT2D eigenvalue weighted by Gasteiger charge is 2.23. The molecule has 0 aliphatic heterocycles. The van der Waals surface area contributed by atoms with Crippen LogP contribution in [0.4, 0.5) is 4.79 Å². The Bertz CT molecular complexity index is 432. The van der Waals surface area contributed by atoms with Gasteiger partial charge >= 0.3 is 12.0 Å². The van der Waals surface area contributed by atoms with Crippen LogP contribution in [0.1, 0.15) is 32.1 Å². The number of carboxylic acid groups (broad SMARTS) is 1. The molecule has 6 heteroatoms. The number of carbonyl (C=O) groups excluding carboxylic acids is 1. The first-order valence-electron chi connectivity index (χ1n) is 6.75. The molecule has 2 amide bonds. The second-order valence-electron chi connectivity index (χ2n) is 4.81. The van der Waals surface area contributed by atoms with Gasteiger partial charge in [-0.2, -0.15) is 0 Å². The van der Waals surface area contributed by atoms with Gasteiger partial charge in [0.1, 0.15) is 0 Å². The molecule has 0 aliphatic carbocycles. The quantitative estimate of drug-likeness (QED) is 0.842. The first-order valence-corrected chi connectivity index (χ1v) is 7.63. The summed E-state index contributed by atoms with van der Waals surface area (Å²) >= 11 is 1.62. The van der Waals surface area contributed by atoms with Gasteiger partial charge in [-0.1, -0.05) is 6.07 Å². The molecule has 20 heavy (non-hydrogen) atoms. The SMILES string of the molecule is CCN(Cc1cccs1)C(=O)N(CCC(=O)O)C(C)C. The average Bonchev–Trinajstić information content (AvgIpc) is 2.87.